The molecule has 2 aliphatic heterocycles. The summed E-state index contributed by atoms with van der Waals surface area (Å²) < 4.78 is 1.94. The van der Waals surface area contributed by atoms with Gasteiger partial charge in [0.1, 0.15) is 6.04 Å². The van der Waals surface area contributed by atoms with Gasteiger partial charge in [-0.2, -0.15) is 5.26 Å². The maximum absolute atomic E-state index is 12.6. The van der Waals surface area contributed by atoms with Crippen LogP contribution in [-0.2, 0) is 9.59 Å². The number of carboxylic acid groups (broad SMARTS) is 1. The van der Waals surface area contributed by atoms with E-state index in [0.29, 0.717) is 11.4 Å². The van der Waals surface area contributed by atoms with Gasteiger partial charge in [0.15, 0.2) is 11.6 Å². The molecule has 0 spiro atoms. The molecule has 8 nitrogen and oxygen atoms in total. The molecule has 3 heterocycles. The highest BCUT2D eigenvalue weighted by Gasteiger charge is 2.42. The Labute approximate surface area is 144 Å². The molecule has 1 amide bonds. The number of amides is 1. The second-order valence-corrected chi connectivity index (χ2v) is 5.92. The molecule has 0 saturated carbocycles. The Morgan fingerprint density at radius 1 is 1.40 bits per heavy atom. The van der Waals surface area contributed by atoms with Crippen LogP contribution in [0.1, 0.15) is 43.2 Å². The fourth-order valence-electron chi connectivity index (χ4n) is 3.49. The van der Waals surface area contributed by atoms with Gasteiger partial charge in [-0.05, 0) is 31.9 Å². The van der Waals surface area contributed by atoms with Crippen molar-refractivity contribution in [2.75, 3.05) is 6.54 Å². The smallest absolute Gasteiger partial charge is 0.290 e. The van der Waals surface area contributed by atoms with E-state index >= 15 is 0 Å². The average molecular weight is 339 g/mol. The van der Waals surface area contributed by atoms with Crippen LogP contribution < -0.4 is 0 Å². The van der Waals surface area contributed by atoms with Crippen LogP contribution in [0.15, 0.2) is 24.3 Å². The van der Waals surface area contributed by atoms with Gasteiger partial charge in [-0.1, -0.05) is 12.1 Å². The quantitative estimate of drug-likeness (QED) is 0.792. The van der Waals surface area contributed by atoms with Crippen molar-refractivity contribution in [3.8, 4) is 17.5 Å². The van der Waals surface area contributed by atoms with E-state index in [4.69, 9.17) is 15.2 Å². The first-order chi connectivity index (χ1) is 12.1. The van der Waals surface area contributed by atoms with E-state index in [1.807, 2.05) is 28.5 Å². The van der Waals surface area contributed by atoms with Gasteiger partial charge in [0.2, 0.25) is 5.91 Å². The van der Waals surface area contributed by atoms with E-state index in [-0.39, 0.29) is 24.5 Å². The van der Waals surface area contributed by atoms with Crippen LogP contribution in [0.2, 0.25) is 0 Å². The molecule has 0 bridgehead atoms. The van der Waals surface area contributed by atoms with Crippen LogP contribution >= 0.6 is 0 Å². The molecule has 2 aliphatic rings. The number of carbonyl (C=O) groups excluding carboxylic acids is 1. The van der Waals surface area contributed by atoms with Crippen LogP contribution in [0.25, 0.3) is 11.4 Å². The molecule has 0 radical (unpaired) electrons. The third-order valence-electron chi connectivity index (χ3n) is 4.55. The molecule has 1 aromatic heterocycles. The second-order valence-electron chi connectivity index (χ2n) is 5.92. The number of aromatic nitrogens is 3. The Morgan fingerprint density at radius 3 is 2.88 bits per heavy atom. The number of hydrogen-bond donors (Lipinski definition) is 1. The van der Waals surface area contributed by atoms with Crippen LogP contribution in [-0.4, -0.2) is 43.7 Å². The number of hydrogen-bond acceptors (Lipinski definition) is 5. The summed E-state index contributed by atoms with van der Waals surface area (Å²) in [6, 6.07) is 9.14. The maximum Gasteiger partial charge on any atom is 0.290 e. The highest BCUT2D eigenvalue weighted by molar-refractivity contribution is 5.83. The molecule has 2 atom stereocenters. The van der Waals surface area contributed by atoms with E-state index in [0.717, 1.165) is 30.8 Å². The molecule has 1 saturated heterocycles. The monoisotopic (exact) mass is 339 g/mol. The molecule has 128 valence electrons. The molecular formula is C17H17N5O3. The molecule has 2 aromatic rings. The van der Waals surface area contributed by atoms with Gasteiger partial charge in [-0.25, -0.2) is 0 Å². The normalized spacial score (nSPS) is 20.8. The summed E-state index contributed by atoms with van der Waals surface area (Å²) in [5.41, 5.74) is 1.40. The van der Waals surface area contributed by atoms with E-state index in [1.165, 1.54) is 0 Å². The fraction of sp³-hybridized carbons (Fsp3) is 0.353. The molecule has 1 aromatic carbocycles. The first-order valence-electron chi connectivity index (χ1n) is 7.96. The van der Waals surface area contributed by atoms with Gasteiger partial charge in [-0.3, -0.25) is 14.2 Å². The Hall–Kier alpha value is -3.21. The number of rotatable bonds is 1. The SMILES string of the molecule is C[C@H]1C(=O)N2CCC[C@@H]2c2nnc(-c3cccc(C#N)c3)n21.O=CO. The number of nitriles is 1. The summed E-state index contributed by atoms with van der Waals surface area (Å²) in [5.74, 6) is 1.66. The van der Waals surface area contributed by atoms with Crippen molar-refractivity contribution < 1.29 is 14.7 Å². The predicted octanol–water partition coefficient (Wildman–Crippen LogP) is 1.76. The first kappa shape index (κ1) is 16.6. The fourth-order valence-corrected chi connectivity index (χ4v) is 3.49. The minimum atomic E-state index is -0.305. The standard InChI is InChI=1S/C16H15N5O.CH2O2/c1-10-16(22)20-7-3-6-13(20)15-19-18-14(21(10)15)12-5-2-4-11(8-12)9-17;2-1-3/h2,4-5,8,10,13H,3,6-7H2,1H3;1H,(H,2,3)/t10-,13+;/m0./s1. The number of carbonyl (C=O) groups is 2. The lowest BCUT2D eigenvalue weighted by atomic mass is 10.1. The zero-order chi connectivity index (χ0) is 18.0. The molecule has 8 heteroatoms. The summed E-state index contributed by atoms with van der Waals surface area (Å²) in [6.07, 6.45) is 1.95. The Bertz CT molecular complexity index is 854. The van der Waals surface area contributed by atoms with E-state index in [1.54, 1.807) is 12.1 Å². The van der Waals surface area contributed by atoms with Crippen molar-refractivity contribution in [2.24, 2.45) is 0 Å². The molecule has 4 rings (SSSR count). The lowest BCUT2D eigenvalue weighted by molar-refractivity contribution is -0.137. The Kier molecular flexibility index (Phi) is 4.48. The maximum atomic E-state index is 12.6. The third-order valence-corrected chi connectivity index (χ3v) is 4.55. The number of benzene rings is 1. The summed E-state index contributed by atoms with van der Waals surface area (Å²) >= 11 is 0. The van der Waals surface area contributed by atoms with Crippen LogP contribution in [0.3, 0.4) is 0 Å². The summed E-state index contributed by atoms with van der Waals surface area (Å²) in [5, 5.41) is 24.6. The van der Waals surface area contributed by atoms with Crippen molar-refractivity contribution in [1.82, 2.24) is 19.7 Å². The summed E-state index contributed by atoms with van der Waals surface area (Å²) in [7, 11) is 0. The van der Waals surface area contributed by atoms with Crippen LogP contribution in [0.4, 0.5) is 0 Å². The number of fused-ring (bicyclic) bond motifs is 3. The number of nitrogens with zero attached hydrogens (tertiary/aromatic N) is 5. The van der Waals surface area contributed by atoms with Crippen LogP contribution in [0.5, 0.6) is 0 Å². The molecule has 0 unspecified atom stereocenters. The van der Waals surface area contributed by atoms with E-state index < -0.39 is 0 Å². The highest BCUT2D eigenvalue weighted by atomic mass is 16.3. The zero-order valence-corrected chi connectivity index (χ0v) is 13.7. The van der Waals surface area contributed by atoms with Gasteiger partial charge in [0.05, 0.1) is 17.7 Å². The molecule has 1 N–H and O–H groups in total. The van der Waals surface area contributed by atoms with E-state index in [9.17, 15) is 4.79 Å². The molecule has 0 aliphatic carbocycles. The average Bonchev–Trinajstić information content (AvgIpc) is 3.27. The van der Waals surface area contributed by atoms with Gasteiger partial charge < -0.3 is 10.0 Å². The topological polar surface area (TPSA) is 112 Å². The Morgan fingerprint density at radius 2 is 2.16 bits per heavy atom. The first-order valence-corrected chi connectivity index (χ1v) is 7.96. The van der Waals surface area contributed by atoms with Crippen molar-refractivity contribution in [2.45, 2.75) is 31.8 Å². The van der Waals surface area contributed by atoms with Crippen molar-refractivity contribution in [3.63, 3.8) is 0 Å². The summed E-state index contributed by atoms with van der Waals surface area (Å²) in [4.78, 5) is 22.9. The minimum Gasteiger partial charge on any atom is -0.483 e. The lowest BCUT2D eigenvalue weighted by Crippen LogP contribution is -2.42. The lowest BCUT2D eigenvalue weighted by Gasteiger charge is -2.34. The molecule has 25 heavy (non-hydrogen) atoms. The third kappa shape index (κ3) is 2.74. The molecule has 1 fully saturated rings. The largest absolute Gasteiger partial charge is 0.483 e. The van der Waals surface area contributed by atoms with Gasteiger partial charge in [0, 0.05) is 12.1 Å². The van der Waals surface area contributed by atoms with E-state index in [2.05, 4.69) is 16.3 Å². The van der Waals surface area contributed by atoms with Gasteiger partial charge in [0.25, 0.3) is 6.47 Å². The van der Waals surface area contributed by atoms with Crippen molar-refractivity contribution in [1.29, 1.82) is 5.26 Å². The Balaban J connectivity index is 0.000000569. The highest BCUT2D eigenvalue weighted by Crippen LogP contribution is 2.40. The van der Waals surface area contributed by atoms with Crippen molar-refractivity contribution >= 4 is 12.4 Å². The van der Waals surface area contributed by atoms with Crippen molar-refractivity contribution in [3.05, 3.63) is 35.7 Å². The summed E-state index contributed by atoms with van der Waals surface area (Å²) in [6.45, 7) is 2.45. The minimum absolute atomic E-state index is 0.0455. The van der Waals surface area contributed by atoms with Gasteiger partial charge >= 0.3 is 0 Å². The zero-order valence-electron chi connectivity index (χ0n) is 13.7. The van der Waals surface area contributed by atoms with Crippen LogP contribution in [0, 0.1) is 11.3 Å². The van der Waals surface area contributed by atoms with Gasteiger partial charge in [-0.15, -0.1) is 10.2 Å². The predicted molar refractivity (Wildman–Crippen MR) is 87.3 cm³/mol. The molecular weight excluding hydrogens is 322 g/mol. The second kappa shape index (κ2) is 6.73.